The van der Waals surface area contributed by atoms with E-state index in [2.05, 4.69) is 63.8 Å². The van der Waals surface area contributed by atoms with E-state index < -0.39 is 0 Å². The number of nitrogens with zero attached hydrogens (tertiary/aromatic N) is 1. The normalized spacial score (nSPS) is 18.7. The van der Waals surface area contributed by atoms with Crippen LogP contribution < -0.4 is 5.32 Å². The van der Waals surface area contributed by atoms with Gasteiger partial charge >= 0.3 is 0 Å². The van der Waals surface area contributed by atoms with Gasteiger partial charge in [0.25, 0.3) is 0 Å². The van der Waals surface area contributed by atoms with Crippen LogP contribution in [0.15, 0.2) is 73.1 Å². The predicted molar refractivity (Wildman–Crippen MR) is 107 cm³/mol. The van der Waals surface area contributed by atoms with E-state index in [0.29, 0.717) is 0 Å². The van der Waals surface area contributed by atoms with Crippen LogP contribution >= 0.6 is 0 Å². The van der Waals surface area contributed by atoms with Crippen LogP contribution in [0.5, 0.6) is 0 Å². The van der Waals surface area contributed by atoms with Crippen LogP contribution in [0.1, 0.15) is 22.7 Å². The Morgan fingerprint density at radius 3 is 2.70 bits per heavy atom. The van der Waals surface area contributed by atoms with Gasteiger partial charge in [0.1, 0.15) is 0 Å². The lowest BCUT2D eigenvalue weighted by Gasteiger charge is -2.18. The molecule has 3 N–H and O–H groups in total. The summed E-state index contributed by atoms with van der Waals surface area (Å²) in [5.41, 5.74) is 8.05. The third-order valence-electron chi connectivity index (χ3n) is 5.44. The van der Waals surface area contributed by atoms with Crippen molar-refractivity contribution in [2.24, 2.45) is 0 Å². The fraction of sp³-hybridized carbons (Fsp3) is 0.174. The third-order valence-corrected chi connectivity index (χ3v) is 5.44. The van der Waals surface area contributed by atoms with Gasteiger partial charge in [-0.15, -0.1) is 0 Å². The summed E-state index contributed by atoms with van der Waals surface area (Å²) in [7, 11) is 0. The molecule has 0 amide bonds. The Morgan fingerprint density at radius 2 is 1.81 bits per heavy atom. The van der Waals surface area contributed by atoms with E-state index >= 15 is 0 Å². The molecule has 0 saturated heterocycles. The first-order valence-electron chi connectivity index (χ1n) is 9.30. The Hall–Kier alpha value is -2.95. The minimum atomic E-state index is -0.359. The van der Waals surface area contributed by atoms with E-state index in [-0.39, 0.29) is 12.1 Å². The molecule has 1 aromatic heterocycles. The first kappa shape index (κ1) is 16.2. The molecule has 0 fully saturated rings. The monoisotopic (exact) mass is 355 g/mol. The molecule has 5 rings (SSSR count). The highest BCUT2D eigenvalue weighted by Crippen LogP contribution is 2.31. The van der Waals surface area contributed by atoms with E-state index in [1.165, 1.54) is 27.8 Å². The number of aromatic nitrogens is 2. The average molecular weight is 355 g/mol. The van der Waals surface area contributed by atoms with Crippen molar-refractivity contribution in [2.75, 3.05) is 0 Å². The fourth-order valence-corrected chi connectivity index (χ4v) is 3.98. The highest BCUT2D eigenvalue weighted by Gasteiger charge is 2.29. The van der Waals surface area contributed by atoms with Gasteiger partial charge in [0.2, 0.25) is 0 Å². The SMILES string of the molecule is O[C@H]1Cc2ccccc2[C@@H]1NCc1ccc(-c2ccc3nc[nH]c3c2)cc1. The number of hydrogen-bond acceptors (Lipinski definition) is 3. The first-order valence-corrected chi connectivity index (χ1v) is 9.30. The summed E-state index contributed by atoms with van der Waals surface area (Å²) in [4.78, 5) is 7.43. The Balaban J connectivity index is 1.31. The average Bonchev–Trinajstić information content (AvgIpc) is 3.29. The van der Waals surface area contributed by atoms with E-state index in [9.17, 15) is 5.11 Å². The molecule has 1 aliphatic rings. The Morgan fingerprint density at radius 1 is 1.00 bits per heavy atom. The summed E-state index contributed by atoms with van der Waals surface area (Å²) >= 11 is 0. The third kappa shape index (κ3) is 3.03. The fourth-order valence-electron chi connectivity index (χ4n) is 3.98. The van der Waals surface area contributed by atoms with Crippen molar-refractivity contribution in [3.63, 3.8) is 0 Å². The number of aliphatic hydroxyl groups excluding tert-OH is 1. The number of benzene rings is 3. The maximum atomic E-state index is 10.4. The summed E-state index contributed by atoms with van der Waals surface area (Å²) in [5, 5.41) is 13.9. The zero-order valence-corrected chi connectivity index (χ0v) is 14.9. The van der Waals surface area contributed by atoms with Crippen LogP contribution in [0.2, 0.25) is 0 Å². The molecule has 134 valence electrons. The molecule has 1 aliphatic carbocycles. The van der Waals surface area contributed by atoms with E-state index in [0.717, 1.165) is 24.0 Å². The summed E-state index contributed by atoms with van der Waals surface area (Å²) < 4.78 is 0. The Labute approximate surface area is 157 Å². The number of aromatic amines is 1. The van der Waals surface area contributed by atoms with E-state index in [1.807, 2.05) is 18.2 Å². The van der Waals surface area contributed by atoms with Gasteiger partial charge in [-0.1, -0.05) is 54.6 Å². The lowest BCUT2D eigenvalue weighted by Crippen LogP contribution is -2.28. The molecule has 2 atom stereocenters. The molecule has 1 heterocycles. The number of H-pyrrole nitrogens is 1. The zero-order chi connectivity index (χ0) is 18.2. The Bertz CT molecular complexity index is 1080. The second-order valence-electron chi connectivity index (χ2n) is 7.16. The van der Waals surface area contributed by atoms with Crippen LogP contribution in [0.25, 0.3) is 22.2 Å². The molecule has 0 saturated carbocycles. The minimum absolute atomic E-state index is 0.00339. The van der Waals surface area contributed by atoms with Gasteiger partial charge in [0, 0.05) is 13.0 Å². The first-order chi connectivity index (χ1) is 13.3. The molecular weight excluding hydrogens is 334 g/mol. The summed E-state index contributed by atoms with van der Waals surface area (Å²) in [6.07, 6.45) is 2.09. The van der Waals surface area contributed by atoms with Crippen LogP contribution in [0.4, 0.5) is 0 Å². The molecule has 4 nitrogen and oxygen atoms in total. The quantitative estimate of drug-likeness (QED) is 0.519. The zero-order valence-electron chi connectivity index (χ0n) is 14.9. The molecule has 3 aromatic carbocycles. The van der Waals surface area contributed by atoms with Crippen LogP contribution in [0, 0.1) is 0 Å². The molecule has 4 heteroatoms. The maximum absolute atomic E-state index is 10.4. The van der Waals surface area contributed by atoms with Gasteiger partial charge in [-0.05, 0) is 39.9 Å². The molecule has 0 unspecified atom stereocenters. The highest BCUT2D eigenvalue weighted by molar-refractivity contribution is 5.81. The van der Waals surface area contributed by atoms with Gasteiger partial charge < -0.3 is 15.4 Å². The number of fused-ring (bicyclic) bond motifs is 2. The molecule has 0 bridgehead atoms. The lowest BCUT2D eigenvalue weighted by molar-refractivity contribution is 0.140. The maximum Gasteiger partial charge on any atom is 0.0931 e. The number of hydrogen-bond donors (Lipinski definition) is 3. The number of aliphatic hydroxyl groups is 1. The minimum Gasteiger partial charge on any atom is -0.391 e. The lowest BCUT2D eigenvalue weighted by atomic mass is 10.0. The number of rotatable bonds is 4. The standard InChI is InChI=1S/C23H21N3O/c27-22-12-18-3-1-2-4-19(18)23(22)24-13-15-5-7-16(8-6-15)17-9-10-20-21(11-17)26-14-25-20/h1-11,14,22-24,27H,12-13H2,(H,25,26)/t22-,23-/m0/s1. The second kappa shape index (κ2) is 6.65. The van der Waals surface area contributed by atoms with E-state index in [4.69, 9.17) is 0 Å². The second-order valence-corrected chi connectivity index (χ2v) is 7.16. The van der Waals surface area contributed by atoms with Crippen molar-refractivity contribution in [3.8, 4) is 11.1 Å². The van der Waals surface area contributed by atoms with Gasteiger partial charge in [-0.25, -0.2) is 4.98 Å². The van der Waals surface area contributed by atoms with Crippen LogP contribution in [0.3, 0.4) is 0 Å². The van der Waals surface area contributed by atoms with Gasteiger partial charge in [0.15, 0.2) is 0 Å². The van der Waals surface area contributed by atoms with E-state index in [1.54, 1.807) is 6.33 Å². The van der Waals surface area contributed by atoms with Crippen molar-refractivity contribution in [1.82, 2.24) is 15.3 Å². The number of nitrogens with one attached hydrogen (secondary N) is 2. The van der Waals surface area contributed by atoms with Crippen molar-refractivity contribution < 1.29 is 5.11 Å². The smallest absolute Gasteiger partial charge is 0.0931 e. The van der Waals surface area contributed by atoms with Crippen molar-refractivity contribution in [3.05, 3.63) is 89.7 Å². The molecule has 0 spiro atoms. The summed E-state index contributed by atoms with van der Waals surface area (Å²) in [5.74, 6) is 0. The summed E-state index contributed by atoms with van der Waals surface area (Å²) in [6, 6.07) is 23.1. The molecular formula is C23H21N3O. The van der Waals surface area contributed by atoms with Crippen LogP contribution in [-0.4, -0.2) is 21.2 Å². The van der Waals surface area contributed by atoms with Crippen molar-refractivity contribution in [1.29, 1.82) is 0 Å². The largest absolute Gasteiger partial charge is 0.391 e. The van der Waals surface area contributed by atoms with Crippen LogP contribution in [-0.2, 0) is 13.0 Å². The number of imidazole rings is 1. The molecule has 0 radical (unpaired) electrons. The molecule has 4 aromatic rings. The molecule has 27 heavy (non-hydrogen) atoms. The van der Waals surface area contributed by atoms with Gasteiger partial charge in [0.05, 0.1) is 29.5 Å². The highest BCUT2D eigenvalue weighted by atomic mass is 16.3. The molecule has 0 aliphatic heterocycles. The summed E-state index contributed by atoms with van der Waals surface area (Å²) in [6.45, 7) is 0.732. The topological polar surface area (TPSA) is 60.9 Å². The Kier molecular flexibility index (Phi) is 4.00. The van der Waals surface area contributed by atoms with Gasteiger partial charge in [-0.2, -0.15) is 0 Å². The van der Waals surface area contributed by atoms with Gasteiger partial charge in [-0.3, -0.25) is 0 Å². The predicted octanol–water partition coefficient (Wildman–Crippen LogP) is 3.98. The van der Waals surface area contributed by atoms with Crippen molar-refractivity contribution in [2.45, 2.75) is 25.1 Å². The van der Waals surface area contributed by atoms with Crippen molar-refractivity contribution >= 4 is 11.0 Å².